The van der Waals surface area contributed by atoms with Crippen LogP contribution in [-0.2, 0) is 7.05 Å². The zero-order chi connectivity index (χ0) is 13.2. The minimum Gasteiger partial charge on any atom is -0.305 e. The number of benzene rings is 1. The van der Waals surface area contributed by atoms with Crippen molar-refractivity contribution in [2.45, 2.75) is 0 Å². The van der Waals surface area contributed by atoms with Crippen LogP contribution in [0.3, 0.4) is 0 Å². The molecule has 19 heavy (non-hydrogen) atoms. The Labute approximate surface area is 109 Å². The third-order valence-electron chi connectivity index (χ3n) is 2.85. The Hall–Kier alpha value is -2.69. The molecular weight excluding hydrogens is 240 g/mol. The minimum atomic E-state index is -0.183. The average Bonchev–Trinajstić information content (AvgIpc) is 2.80. The zero-order valence-electron chi connectivity index (χ0n) is 10.4. The van der Waals surface area contributed by atoms with Gasteiger partial charge in [-0.2, -0.15) is 5.10 Å². The summed E-state index contributed by atoms with van der Waals surface area (Å²) in [4.78, 5) is 19.0. The summed E-state index contributed by atoms with van der Waals surface area (Å²) >= 11 is 0. The Morgan fingerprint density at radius 2 is 2.00 bits per heavy atom. The van der Waals surface area contributed by atoms with Crippen molar-refractivity contribution in [3.8, 4) is 0 Å². The van der Waals surface area contributed by atoms with Gasteiger partial charge in [0, 0.05) is 7.05 Å². The van der Waals surface area contributed by atoms with E-state index in [-0.39, 0.29) is 5.56 Å². The largest absolute Gasteiger partial charge is 0.305 e. The molecule has 0 saturated carbocycles. The van der Waals surface area contributed by atoms with Crippen molar-refractivity contribution < 1.29 is 0 Å². The number of aromatic nitrogens is 4. The van der Waals surface area contributed by atoms with Crippen LogP contribution in [0.4, 0.5) is 0 Å². The molecule has 1 N–H and O–H groups in total. The van der Waals surface area contributed by atoms with Crippen LogP contribution in [0.25, 0.3) is 23.2 Å². The van der Waals surface area contributed by atoms with Gasteiger partial charge in [-0.1, -0.05) is 36.4 Å². The van der Waals surface area contributed by atoms with Crippen LogP contribution < -0.4 is 5.56 Å². The molecule has 0 radical (unpaired) electrons. The number of rotatable bonds is 2. The number of hydrogen-bond acceptors (Lipinski definition) is 3. The molecule has 3 rings (SSSR count). The van der Waals surface area contributed by atoms with Gasteiger partial charge < -0.3 is 4.98 Å². The van der Waals surface area contributed by atoms with Crippen molar-refractivity contribution in [1.82, 2.24) is 19.7 Å². The third kappa shape index (κ3) is 2.18. The van der Waals surface area contributed by atoms with E-state index in [1.807, 2.05) is 36.4 Å². The SMILES string of the molecule is Cn1ncc2nc(C=Cc3ccccc3)[nH]c(=O)c21. The van der Waals surface area contributed by atoms with Crippen molar-refractivity contribution in [3.63, 3.8) is 0 Å². The van der Waals surface area contributed by atoms with Crippen molar-refractivity contribution in [2.24, 2.45) is 7.05 Å². The van der Waals surface area contributed by atoms with E-state index in [4.69, 9.17) is 0 Å². The lowest BCUT2D eigenvalue weighted by molar-refractivity contribution is 0.792. The molecule has 94 valence electrons. The molecule has 5 heteroatoms. The number of fused-ring (bicyclic) bond motifs is 1. The van der Waals surface area contributed by atoms with E-state index in [0.29, 0.717) is 16.9 Å². The summed E-state index contributed by atoms with van der Waals surface area (Å²) in [7, 11) is 1.72. The van der Waals surface area contributed by atoms with Crippen molar-refractivity contribution in [1.29, 1.82) is 0 Å². The van der Waals surface area contributed by atoms with Gasteiger partial charge in [0.15, 0.2) is 5.52 Å². The average molecular weight is 252 g/mol. The highest BCUT2D eigenvalue weighted by atomic mass is 16.1. The molecule has 0 fully saturated rings. The lowest BCUT2D eigenvalue weighted by Crippen LogP contribution is -2.12. The maximum absolute atomic E-state index is 11.9. The highest BCUT2D eigenvalue weighted by molar-refractivity contribution is 5.75. The van der Waals surface area contributed by atoms with E-state index in [2.05, 4.69) is 15.1 Å². The summed E-state index contributed by atoms with van der Waals surface area (Å²) in [5.41, 5.74) is 1.95. The van der Waals surface area contributed by atoms with E-state index in [1.165, 1.54) is 4.68 Å². The summed E-state index contributed by atoms with van der Waals surface area (Å²) < 4.78 is 1.52. The fraction of sp³-hybridized carbons (Fsp3) is 0.0714. The molecule has 3 aromatic rings. The molecule has 2 aromatic heterocycles. The summed E-state index contributed by atoms with van der Waals surface area (Å²) in [6.45, 7) is 0. The number of H-pyrrole nitrogens is 1. The van der Waals surface area contributed by atoms with Gasteiger partial charge >= 0.3 is 0 Å². The second-order valence-electron chi connectivity index (χ2n) is 4.20. The van der Waals surface area contributed by atoms with E-state index >= 15 is 0 Å². The van der Waals surface area contributed by atoms with Crippen LogP contribution in [0.15, 0.2) is 41.3 Å². The Bertz CT molecular complexity index is 799. The van der Waals surface area contributed by atoms with Crippen molar-refractivity contribution >= 4 is 23.2 Å². The Morgan fingerprint density at radius 1 is 1.21 bits per heavy atom. The van der Waals surface area contributed by atoms with E-state index in [0.717, 1.165) is 5.56 Å². The van der Waals surface area contributed by atoms with Gasteiger partial charge in [-0.25, -0.2) is 4.98 Å². The highest BCUT2D eigenvalue weighted by Gasteiger charge is 2.06. The van der Waals surface area contributed by atoms with Crippen LogP contribution in [0.5, 0.6) is 0 Å². The van der Waals surface area contributed by atoms with Gasteiger partial charge in [-0.15, -0.1) is 0 Å². The van der Waals surface area contributed by atoms with Crippen LogP contribution in [0, 0.1) is 0 Å². The first-order valence-corrected chi connectivity index (χ1v) is 5.89. The highest BCUT2D eigenvalue weighted by Crippen LogP contribution is 2.07. The summed E-state index contributed by atoms with van der Waals surface area (Å²) in [5, 5.41) is 4.03. The molecule has 0 aliphatic heterocycles. The van der Waals surface area contributed by atoms with E-state index in [9.17, 15) is 4.79 Å². The first-order chi connectivity index (χ1) is 9.24. The lowest BCUT2D eigenvalue weighted by atomic mass is 10.2. The molecule has 0 spiro atoms. The van der Waals surface area contributed by atoms with Crippen LogP contribution in [0.2, 0.25) is 0 Å². The number of hydrogen-bond donors (Lipinski definition) is 1. The van der Waals surface area contributed by atoms with Crippen molar-refractivity contribution in [3.05, 3.63) is 58.3 Å². The predicted octanol–water partition coefficient (Wildman–Crippen LogP) is 1.83. The minimum absolute atomic E-state index is 0.183. The monoisotopic (exact) mass is 252 g/mol. The van der Waals surface area contributed by atoms with Gasteiger partial charge in [0.05, 0.1) is 6.20 Å². The molecule has 5 nitrogen and oxygen atoms in total. The van der Waals surface area contributed by atoms with Crippen LogP contribution >= 0.6 is 0 Å². The topological polar surface area (TPSA) is 63.6 Å². The standard InChI is InChI=1S/C14H12N4O/c1-18-13-11(9-15-18)16-12(17-14(13)19)8-7-10-5-3-2-4-6-10/h2-9H,1H3,(H,16,17,19). The fourth-order valence-electron chi connectivity index (χ4n) is 1.92. The number of aromatic amines is 1. The normalized spacial score (nSPS) is 11.4. The Kier molecular flexibility index (Phi) is 2.72. The van der Waals surface area contributed by atoms with Gasteiger partial charge in [0.2, 0.25) is 0 Å². The second kappa shape index (κ2) is 4.53. The quantitative estimate of drug-likeness (QED) is 0.756. The van der Waals surface area contributed by atoms with Crippen molar-refractivity contribution in [2.75, 3.05) is 0 Å². The Balaban J connectivity index is 2.03. The number of nitrogens with zero attached hydrogens (tertiary/aromatic N) is 3. The number of nitrogens with one attached hydrogen (secondary N) is 1. The Morgan fingerprint density at radius 3 is 2.79 bits per heavy atom. The molecule has 0 saturated heterocycles. The third-order valence-corrected chi connectivity index (χ3v) is 2.85. The van der Waals surface area contributed by atoms with Gasteiger partial charge in [-0.3, -0.25) is 9.48 Å². The molecule has 0 bridgehead atoms. The molecular formula is C14H12N4O. The molecule has 1 aromatic carbocycles. The second-order valence-corrected chi connectivity index (χ2v) is 4.20. The summed E-state index contributed by atoms with van der Waals surface area (Å²) in [5.74, 6) is 0.523. The van der Waals surface area contributed by atoms with Crippen LogP contribution in [-0.4, -0.2) is 19.7 Å². The first kappa shape index (κ1) is 11.4. The maximum atomic E-state index is 11.9. The first-order valence-electron chi connectivity index (χ1n) is 5.89. The smallest absolute Gasteiger partial charge is 0.277 e. The lowest BCUT2D eigenvalue weighted by Gasteiger charge is -1.96. The molecule has 0 aliphatic carbocycles. The fourth-order valence-corrected chi connectivity index (χ4v) is 1.92. The predicted molar refractivity (Wildman–Crippen MR) is 74.5 cm³/mol. The zero-order valence-corrected chi connectivity index (χ0v) is 10.4. The van der Waals surface area contributed by atoms with E-state index in [1.54, 1.807) is 19.3 Å². The van der Waals surface area contributed by atoms with E-state index < -0.39 is 0 Å². The molecule has 2 heterocycles. The molecule has 0 aliphatic rings. The molecule has 0 atom stereocenters. The van der Waals surface area contributed by atoms with Gasteiger partial charge in [0.1, 0.15) is 11.3 Å². The van der Waals surface area contributed by atoms with Crippen LogP contribution in [0.1, 0.15) is 11.4 Å². The maximum Gasteiger partial charge on any atom is 0.277 e. The molecule has 0 unspecified atom stereocenters. The summed E-state index contributed by atoms with van der Waals surface area (Å²) in [6, 6.07) is 9.84. The molecule has 0 amide bonds. The summed E-state index contributed by atoms with van der Waals surface area (Å²) in [6.07, 6.45) is 5.27. The van der Waals surface area contributed by atoms with Gasteiger partial charge in [-0.05, 0) is 11.6 Å². The number of aryl methyl sites for hydroxylation is 1. The van der Waals surface area contributed by atoms with Gasteiger partial charge in [0.25, 0.3) is 5.56 Å².